The lowest BCUT2D eigenvalue weighted by Gasteiger charge is -2.24. The number of unbranched alkanes of at least 4 members (excludes halogenated alkanes) is 1. The number of ketones is 1. The first kappa shape index (κ1) is 29.0. The Labute approximate surface area is 258 Å². The second kappa shape index (κ2) is 11.9. The van der Waals surface area contributed by atoms with E-state index in [0.29, 0.717) is 57.9 Å². The van der Waals surface area contributed by atoms with Crippen LogP contribution in [0.5, 0.6) is 17.2 Å². The van der Waals surface area contributed by atoms with Crippen LogP contribution in [0.4, 0.5) is 5.13 Å². The largest absolute Gasteiger partial charge is 0.507 e. The van der Waals surface area contributed by atoms with Crippen molar-refractivity contribution < 1.29 is 28.9 Å². The van der Waals surface area contributed by atoms with Gasteiger partial charge in [0.1, 0.15) is 17.6 Å². The highest BCUT2D eigenvalue weighted by molar-refractivity contribution is 7.22. The van der Waals surface area contributed by atoms with Crippen LogP contribution in [0.1, 0.15) is 56.3 Å². The molecule has 10 heteroatoms. The van der Waals surface area contributed by atoms with Crippen LogP contribution in [0, 0.1) is 0 Å². The average molecular weight is 619 g/mol. The number of carbonyl (C=O) groups excluding carboxylic acids is 2. The minimum absolute atomic E-state index is 0.0144. The van der Waals surface area contributed by atoms with Crippen molar-refractivity contribution in [2.45, 2.75) is 52.2 Å². The highest BCUT2D eigenvalue weighted by Gasteiger charge is 2.48. The molecule has 0 unspecified atom stereocenters. The van der Waals surface area contributed by atoms with Gasteiger partial charge in [-0.3, -0.25) is 14.5 Å². The first-order chi connectivity index (χ1) is 20.8. The fourth-order valence-corrected chi connectivity index (χ4v) is 6.74. The molecule has 0 spiro atoms. The Morgan fingerprint density at radius 2 is 1.93 bits per heavy atom. The fourth-order valence-electron chi connectivity index (χ4n) is 5.47. The number of fused-ring (bicyclic) bond motifs is 2. The zero-order valence-corrected chi connectivity index (χ0v) is 25.6. The summed E-state index contributed by atoms with van der Waals surface area (Å²) in [6.07, 6.45) is 2.57. The smallest absolute Gasteiger partial charge is 0.301 e. The molecule has 0 bridgehead atoms. The zero-order chi connectivity index (χ0) is 30.2. The van der Waals surface area contributed by atoms with E-state index < -0.39 is 17.7 Å². The molecule has 43 heavy (non-hydrogen) atoms. The van der Waals surface area contributed by atoms with Gasteiger partial charge in [-0.15, -0.1) is 0 Å². The van der Waals surface area contributed by atoms with E-state index in [1.165, 1.54) is 16.2 Å². The van der Waals surface area contributed by atoms with Crippen LogP contribution in [0.2, 0.25) is 5.02 Å². The molecule has 2 atom stereocenters. The first-order valence-corrected chi connectivity index (χ1v) is 15.5. The van der Waals surface area contributed by atoms with Crippen molar-refractivity contribution in [1.29, 1.82) is 0 Å². The van der Waals surface area contributed by atoms with Gasteiger partial charge in [0.2, 0.25) is 0 Å². The van der Waals surface area contributed by atoms with Gasteiger partial charge in [-0.2, -0.15) is 0 Å². The van der Waals surface area contributed by atoms with Crippen molar-refractivity contribution >= 4 is 55.7 Å². The summed E-state index contributed by atoms with van der Waals surface area (Å²) in [6.45, 7) is 6.86. The quantitative estimate of drug-likeness (QED) is 0.0899. The van der Waals surface area contributed by atoms with Crippen molar-refractivity contribution in [2.75, 3.05) is 18.1 Å². The van der Waals surface area contributed by atoms with E-state index in [-0.39, 0.29) is 17.4 Å². The van der Waals surface area contributed by atoms with Crippen LogP contribution in [0.25, 0.3) is 16.0 Å². The Kier molecular flexibility index (Phi) is 8.03. The maximum absolute atomic E-state index is 13.8. The third kappa shape index (κ3) is 5.43. The standard InChI is InChI=1S/C33H31ClN2O6S/c1-4-6-13-41-25-12-7-19(16-26(25)40-5-2)29-28(30(37)20-8-11-24-21(15-20)14-18(3)42-24)31(38)32(39)36(29)33-35-23-10-9-22(34)17-27(23)43-33/h7-12,15-18,29,37H,4-6,13-14H2,1-3H3/t18-,29+/m0/s1. The third-order valence-corrected chi connectivity index (χ3v) is 8.75. The number of benzene rings is 3. The molecule has 222 valence electrons. The number of nitrogens with zero attached hydrogens (tertiary/aromatic N) is 2. The number of halogens is 1. The Balaban J connectivity index is 1.51. The Bertz CT molecular complexity index is 1770. The average Bonchev–Trinajstić information content (AvgIpc) is 3.65. The predicted molar refractivity (Wildman–Crippen MR) is 168 cm³/mol. The lowest BCUT2D eigenvalue weighted by Crippen LogP contribution is -2.29. The molecule has 1 N–H and O–H groups in total. The zero-order valence-electron chi connectivity index (χ0n) is 24.1. The minimum Gasteiger partial charge on any atom is -0.507 e. The normalized spacial score (nSPS) is 19.1. The number of thiazole rings is 1. The van der Waals surface area contributed by atoms with E-state index in [4.69, 9.17) is 25.8 Å². The molecule has 0 aliphatic carbocycles. The van der Waals surface area contributed by atoms with E-state index >= 15 is 0 Å². The van der Waals surface area contributed by atoms with Crippen LogP contribution in [0.15, 0.2) is 60.2 Å². The number of hydrogen-bond donors (Lipinski definition) is 1. The van der Waals surface area contributed by atoms with Crippen molar-refractivity contribution in [1.82, 2.24) is 4.98 Å². The van der Waals surface area contributed by atoms with Crippen LogP contribution >= 0.6 is 22.9 Å². The highest BCUT2D eigenvalue weighted by atomic mass is 35.5. The molecule has 0 radical (unpaired) electrons. The van der Waals surface area contributed by atoms with Gasteiger partial charge in [-0.05, 0) is 79.9 Å². The van der Waals surface area contributed by atoms with E-state index in [0.717, 1.165) is 28.9 Å². The van der Waals surface area contributed by atoms with E-state index in [1.807, 2.05) is 19.9 Å². The lowest BCUT2D eigenvalue weighted by atomic mass is 9.94. The van der Waals surface area contributed by atoms with Gasteiger partial charge in [-0.1, -0.05) is 42.3 Å². The van der Waals surface area contributed by atoms with Crippen LogP contribution in [0.3, 0.4) is 0 Å². The first-order valence-electron chi connectivity index (χ1n) is 14.4. The minimum atomic E-state index is -0.969. The predicted octanol–water partition coefficient (Wildman–Crippen LogP) is 7.48. The summed E-state index contributed by atoms with van der Waals surface area (Å²) >= 11 is 7.47. The van der Waals surface area contributed by atoms with Crippen LogP contribution in [-0.2, 0) is 16.0 Å². The van der Waals surface area contributed by atoms with E-state index in [1.54, 1.807) is 48.5 Å². The molecule has 1 aromatic heterocycles. The molecule has 3 heterocycles. The van der Waals surface area contributed by atoms with Gasteiger partial charge in [0.05, 0.1) is 35.0 Å². The van der Waals surface area contributed by atoms with Crippen molar-refractivity contribution in [2.24, 2.45) is 0 Å². The molecular weight excluding hydrogens is 588 g/mol. The maximum atomic E-state index is 13.8. The third-order valence-electron chi connectivity index (χ3n) is 7.50. The van der Waals surface area contributed by atoms with Gasteiger partial charge in [0, 0.05) is 17.0 Å². The number of anilines is 1. The molecule has 1 fully saturated rings. The molecule has 3 aromatic carbocycles. The number of aliphatic hydroxyl groups is 1. The number of ether oxygens (including phenoxy) is 3. The fraction of sp³-hybridized carbons (Fsp3) is 0.303. The summed E-state index contributed by atoms with van der Waals surface area (Å²) in [4.78, 5) is 33.6. The van der Waals surface area contributed by atoms with Gasteiger partial charge in [0.25, 0.3) is 5.78 Å². The van der Waals surface area contributed by atoms with Gasteiger partial charge in [-0.25, -0.2) is 4.98 Å². The highest BCUT2D eigenvalue weighted by Crippen LogP contribution is 2.46. The molecule has 2 aliphatic heterocycles. The molecule has 1 amide bonds. The molecule has 2 aliphatic rings. The monoisotopic (exact) mass is 618 g/mol. The van der Waals surface area contributed by atoms with Gasteiger partial charge < -0.3 is 19.3 Å². The Hall–Kier alpha value is -4.08. The summed E-state index contributed by atoms with van der Waals surface area (Å²) in [6, 6.07) is 14.9. The van der Waals surface area contributed by atoms with Crippen LogP contribution in [-0.4, -0.2) is 41.1 Å². The van der Waals surface area contributed by atoms with Gasteiger partial charge >= 0.3 is 5.91 Å². The molecule has 1 saturated heterocycles. The SMILES string of the molecule is CCCCOc1ccc([C@@H]2C(=C(O)c3ccc4c(c3)C[C@H](C)O4)C(=O)C(=O)N2c2nc3ccc(Cl)cc3s2)cc1OCC. The molecular formula is C33H31ClN2O6S. The summed E-state index contributed by atoms with van der Waals surface area (Å²) in [5.41, 5.74) is 2.55. The van der Waals surface area contributed by atoms with E-state index in [2.05, 4.69) is 11.9 Å². The Morgan fingerprint density at radius 3 is 2.72 bits per heavy atom. The number of amides is 1. The summed E-state index contributed by atoms with van der Waals surface area (Å²) in [5.74, 6) is -0.0465. The lowest BCUT2D eigenvalue weighted by molar-refractivity contribution is -0.132. The topological polar surface area (TPSA) is 98.2 Å². The molecule has 6 rings (SSSR count). The second-order valence-electron chi connectivity index (χ2n) is 10.6. The number of rotatable bonds is 9. The number of Topliss-reactive ketones (excluding diaryl/α,β-unsaturated/α-hetero) is 1. The number of aliphatic hydroxyl groups excluding tert-OH is 1. The maximum Gasteiger partial charge on any atom is 0.301 e. The van der Waals surface area contributed by atoms with Crippen molar-refractivity contribution in [3.8, 4) is 17.2 Å². The Morgan fingerprint density at radius 1 is 1.09 bits per heavy atom. The van der Waals surface area contributed by atoms with Crippen LogP contribution < -0.4 is 19.1 Å². The number of carbonyl (C=O) groups is 2. The number of aromatic nitrogens is 1. The molecule has 4 aromatic rings. The summed E-state index contributed by atoms with van der Waals surface area (Å²) in [5, 5.41) is 12.6. The van der Waals surface area contributed by atoms with Crippen molar-refractivity contribution in [3.05, 3.63) is 81.9 Å². The van der Waals surface area contributed by atoms with E-state index in [9.17, 15) is 14.7 Å². The van der Waals surface area contributed by atoms with Gasteiger partial charge in [0.15, 0.2) is 16.6 Å². The molecule has 0 saturated carbocycles. The number of hydrogen-bond acceptors (Lipinski definition) is 8. The van der Waals surface area contributed by atoms with Crippen molar-refractivity contribution in [3.63, 3.8) is 0 Å². The summed E-state index contributed by atoms with van der Waals surface area (Å²) in [7, 11) is 0. The summed E-state index contributed by atoms with van der Waals surface area (Å²) < 4.78 is 18.5. The second-order valence-corrected chi connectivity index (χ2v) is 12.0. The molecule has 8 nitrogen and oxygen atoms in total.